The van der Waals surface area contributed by atoms with Crippen molar-refractivity contribution in [3.63, 3.8) is 0 Å². The number of benzene rings is 1. The summed E-state index contributed by atoms with van der Waals surface area (Å²) in [7, 11) is 0. The average molecular weight is 371 g/mol. The van der Waals surface area contributed by atoms with E-state index in [2.05, 4.69) is 17.2 Å². The van der Waals surface area contributed by atoms with Crippen molar-refractivity contribution in [2.75, 3.05) is 6.61 Å². The summed E-state index contributed by atoms with van der Waals surface area (Å²) in [5, 5.41) is 20.3. The van der Waals surface area contributed by atoms with Gasteiger partial charge in [0.05, 0.1) is 0 Å². The molecule has 7 nitrogen and oxygen atoms in total. The predicted octanol–water partition coefficient (Wildman–Crippen LogP) is 0.673. The van der Waals surface area contributed by atoms with Crippen LogP contribution in [0.4, 0.5) is 0 Å². The summed E-state index contributed by atoms with van der Waals surface area (Å²) in [6.07, 6.45) is 4.52. The third kappa shape index (κ3) is 5.93. The third-order valence-electron chi connectivity index (χ3n) is 4.35. The maximum atomic E-state index is 12.3. The standard InChI is InChI=1S/C20H25N3O4/c1-20(2,21)17(19(26)23-27)22-18(25)14-9-7-13(8-10-14)5-3-4-6-15-11-16(15)12-24/h3,5,7-10,15-17,24,27H,11-12,21H2,1-2H3,(H,22,25)(H,23,26)/b5-3+/t15?,16?,17-/m1/s1. The number of amides is 2. The van der Waals surface area contributed by atoms with Gasteiger partial charge < -0.3 is 16.2 Å². The molecule has 6 N–H and O–H groups in total. The maximum Gasteiger partial charge on any atom is 0.267 e. The highest BCUT2D eigenvalue weighted by atomic mass is 16.5. The fourth-order valence-corrected chi connectivity index (χ4v) is 2.53. The molecule has 2 unspecified atom stereocenters. The Morgan fingerprint density at radius 3 is 2.56 bits per heavy atom. The average Bonchev–Trinajstić information content (AvgIpc) is 3.40. The SMILES string of the molecule is CC(C)(N)[C@H](NC(=O)c1ccc(/C=C/C#CC2CC2CO)cc1)C(=O)NO. The molecule has 1 aliphatic rings. The van der Waals surface area contributed by atoms with Crippen molar-refractivity contribution in [2.24, 2.45) is 17.6 Å². The molecule has 0 aliphatic heterocycles. The topological polar surface area (TPSA) is 125 Å². The van der Waals surface area contributed by atoms with Gasteiger partial charge in [-0.05, 0) is 56.0 Å². The molecular formula is C20H25N3O4. The van der Waals surface area contributed by atoms with Crippen molar-refractivity contribution in [1.82, 2.24) is 10.8 Å². The number of hydrogen-bond donors (Lipinski definition) is 5. The van der Waals surface area contributed by atoms with Gasteiger partial charge in [-0.25, -0.2) is 5.48 Å². The van der Waals surface area contributed by atoms with E-state index in [1.807, 2.05) is 6.08 Å². The van der Waals surface area contributed by atoms with Gasteiger partial charge >= 0.3 is 0 Å². The van der Waals surface area contributed by atoms with Gasteiger partial charge in [0.2, 0.25) is 0 Å². The second-order valence-electron chi connectivity index (χ2n) is 7.23. The number of allylic oxidation sites excluding steroid dienone is 1. The van der Waals surface area contributed by atoms with Crippen LogP contribution in [0.5, 0.6) is 0 Å². The highest BCUT2D eigenvalue weighted by Gasteiger charge is 2.34. The van der Waals surface area contributed by atoms with Crippen LogP contribution in [-0.4, -0.2) is 40.3 Å². The summed E-state index contributed by atoms with van der Waals surface area (Å²) in [6.45, 7) is 3.34. The van der Waals surface area contributed by atoms with Crippen molar-refractivity contribution in [1.29, 1.82) is 0 Å². The summed E-state index contributed by atoms with van der Waals surface area (Å²) in [4.78, 5) is 24.1. The van der Waals surface area contributed by atoms with Gasteiger partial charge in [-0.15, -0.1) is 0 Å². The second-order valence-corrected chi connectivity index (χ2v) is 7.23. The predicted molar refractivity (Wildman–Crippen MR) is 101 cm³/mol. The van der Waals surface area contributed by atoms with Crippen LogP contribution in [0.25, 0.3) is 6.08 Å². The molecule has 0 spiro atoms. The summed E-state index contributed by atoms with van der Waals surface area (Å²) >= 11 is 0. The van der Waals surface area contributed by atoms with Gasteiger partial charge in [-0.3, -0.25) is 14.8 Å². The first-order valence-electron chi connectivity index (χ1n) is 8.68. The summed E-state index contributed by atoms with van der Waals surface area (Å²) < 4.78 is 0. The molecule has 0 aromatic heterocycles. The number of aliphatic hydroxyl groups excluding tert-OH is 1. The van der Waals surface area contributed by atoms with Crippen molar-refractivity contribution in [3.8, 4) is 11.8 Å². The molecule has 0 radical (unpaired) electrons. The number of rotatable bonds is 6. The molecule has 0 bridgehead atoms. The fourth-order valence-electron chi connectivity index (χ4n) is 2.53. The van der Waals surface area contributed by atoms with E-state index < -0.39 is 23.4 Å². The summed E-state index contributed by atoms with van der Waals surface area (Å²) in [5.74, 6) is 5.39. The lowest BCUT2D eigenvalue weighted by molar-refractivity contribution is -0.132. The van der Waals surface area contributed by atoms with E-state index in [9.17, 15) is 9.59 Å². The van der Waals surface area contributed by atoms with E-state index in [1.54, 1.807) is 44.2 Å². The fraction of sp³-hybridized carbons (Fsp3) is 0.400. The number of carbonyl (C=O) groups excluding carboxylic acids is 2. The zero-order valence-electron chi connectivity index (χ0n) is 15.4. The first kappa shape index (κ1) is 20.6. The minimum Gasteiger partial charge on any atom is -0.396 e. The highest BCUT2D eigenvalue weighted by Crippen LogP contribution is 2.36. The molecule has 1 saturated carbocycles. The van der Waals surface area contributed by atoms with Crippen LogP contribution in [-0.2, 0) is 4.79 Å². The molecule has 144 valence electrons. The van der Waals surface area contributed by atoms with Crippen molar-refractivity contribution < 1.29 is 19.9 Å². The molecule has 1 fully saturated rings. The lowest BCUT2D eigenvalue weighted by Gasteiger charge is -2.29. The number of aliphatic hydroxyl groups is 1. The van der Waals surface area contributed by atoms with Gasteiger partial charge in [0, 0.05) is 23.6 Å². The molecule has 0 heterocycles. The van der Waals surface area contributed by atoms with Crippen LogP contribution in [0, 0.1) is 23.7 Å². The Labute approximate surface area is 158 Å². The van der Waals surface area contributed by atoms with Crippen molar-refractivity contribution in [3.05, 3.63) is 41.5 Å². The van der Waals surface area contributed by atoms with E-state index in [0.717, 1.165) is 12.0 Å². The zero-order valence-corrected chi connectivity index (χ0v) is 15.4. The van der Waals surface area contributed by atoms with Crippen LogP contribution in [0.2, 0.25) is 0 Å². The molecule has 0 saturated heterocycles. The van der Waals surface area contributed by atoms with E-state index >= 15 is 0 Å². The number of nitrogens with one attached hydrogen (secondary N) is 2. The molecule has 3 atom stereocenters. The molecule has 1 aliphatic carbocycles. The van der Waals surface area contributed by atoms with Crippen LogP contribution in [0.3, 0.4) is 0 Å². The quantitative estimate of drug-likeness (QED) is 0.286. The molecule has 27 heavy (non-hydrogen) atoms. The van der Waals surface area contributed by atoms with E-state index in [1.165, 1.54) is 5.48 Å². The zero-order chi connectivity index (χ0) is 20.0. The molecule has 2 rings (SSSR count). The van der Waals surface area contributed by atoms with E-state index in [4.69, 9.17) is 16.0 Å². The molecule has 7 heteroatoms. The first-order chi connectivity index (χ1) is 12.8. The molecule has 1 aromatic rings. The van der Waals surface area contributed by atoms with Gasteiger partial charge in [0.25, 0.3) is 11.8 Å². The minimum atomic E-state index is -1.09. The Balaban J connectivity index is 1.97. The van der Waals surface area contributed by atoms with E-state index in [0.29, 0.717) is 17.4 Å². The Morgan fingerprint density at radius 1 is 1.37 bits per heavy atom. The molecular weight excluding hydrogens is 346 g/mol. The van der Waals surface area contributed by atoms with E-state index in [-0.39, 0.29) is 6.61 Å². The second kappa shape index (κ2) is 8.82. The van der Waals surface area contributed by atoms with Gasteiger partial charge in [-0.1, -0.05) is 24.0 Å². The smallest absolute Gasteiger partial charge is 0.267 e. The van der Waals surface area contributed by atoms with Gasteiger partial charge in [0.15, 0.2) is 0 Å². The molecule has 2 amide bonds. The largest absolute Gasteiger partial charge is 0.396 e. The minimum absolute atomic E-state index is 0.189. The Kier molecular flexibility index (Phi) is 6.75. The molecule has 1 aromatic carbocycles. The van der Waals surface area contributed by atoms with Crippen molar-refractivity contribution >= 4 is 17.9 Å². The number of nitrogens with two attached hydrogens (primary N) is 1. The van der Waals surface area contributed by atoms with Crippen LogP contribution < -0.4 is 16.5 Å². The number of hydrogen-bond acceptors (Lipinski definition) is 5. The van der Waals surface area contributed by atoms with Gasteiger partial charge in [-0.2, -0.15) is 0 Å². The lowest BCUT2D eigenvalue weighted by Crippen LogP contribution is -2.61. The van der Waals surface area contributed by atoms with Crippen LogP contribution >= 0.6 is 0 Å². The monoisotopic (exact) mass is 371 g/mol. The third-order valence-corrected chi connectivity index (χ3v) is 4.35. The maximum absolute atomic E-state index is 12.3. The number of carbonyl (C=O) groups is 2. The van der Waals surface area contributed by atoms with Crippen LogP contribution in [0.1, 0.15) is 36.2 Å². The Morgan fingerprint density at radius 2 is 2.04 bits per heavy atom. The summed E-state index contributed by atoms with van der Waals surface area (Å²) in [6, 6.07) is 5.69. The van der Waals surface area contributed by atoms with Gasteiger partial charge in [0.1, 0.15) is 6.04 Å². The van der Waals surface area contributed by atoms with Crippen LogP contribution in [0.15, 0.2) is 30.3 Å². The highest BCUT2D eigenvalue weighted by molar-refractivity contribution is 5.98. The lowest BCUT2D eigenvalue weighted by atomic mass is 9.95. The Hall–Kier alpha value is -2.66. The number of hydroxylamine groups is 1. The Bertz CT molecular complexity index is 769. The first-order valence-corrected chi connectivity index (χ1v) is 8.68. The normalized spacial score (nSPS) is 19.7. The van der Waals surface area contributed by atoms with Crippen molar-refractivity contribution in [2.45, 2.75) is 31.8 Å². The summed E-state index contributed by atoms with van der Waals surface area (Å²) in [5.41, 5.74) is 7.59.